The monoisotopic (exact) mass is 269 g/mol. The zero-order valence-electron chi connectivity index (χ0n) is 12.1. The van der Waals surface area contributed by atoms with Crippen LogP contribution in [0.2, 0.25) is 0 Å². The van der Waals surface area contributed by atoms with Crippen LogP contribution in [0.25, 0.3) is 0 Å². The van der Waals surface area contributed by atoms with Crippen LogP contribution in [0.3, 0.4) is 0 Å². The Morgan fingerprint density at radius 1 is 1.37 bits per heavy atom. The van der Waals surface area contributed by atoms with Gasteiger partial charge in [-0.3, -0.25) is 0 Å². The zero-order chi connectivity index (χ0) is 13.9. The Labute approximate surface area is 113 Å². The second kappa shape index (κ2) is 5.98. The molecule has 0 amide bonds. The van der Waals surface area contributed by atoms with Crippen molar-refractivity contribution in [3.63, 3.8) is 0 Å². The van der Waals surface area contributed by atoms with Crippen molar-refractivity contribution in [2.75, 3.05) is 20.8 Å². The van der Waals surface area contributed by atoms with E-state index in [2.05, 4.69) is 29.3 Å². The van der Waals surface area contributed by atoms with E-state index in [4.69, 9.17) is 14.0 Å². The predicted molar refractivity (Wildman–Crippen MR) is 69.7 cm³/mol. The van der Waals surface area contributed by atoms with Gasteiger partial charge in [0.05, 0.1) is 12.1 Å². The number of ether oxygens (including phenoxy) is 2. The summed E-state index contributed by atoms with van der Waals surface area (Å²) in [5.41, 5.74) is -0.443. The van der Waals surface area contributed by atoms with Gasteiger partial charge in [0.1, 0.15) is 5.60 Å². The maximum absolute atomic E-state index is 5.61. The lowest BCUT2D eigenvalue weighted by atomic mass is 9.96. The van der Waals surface area contributed by atoms with Gasteiger partial charge in [0.2, 0.25) is 11.7 Å². The quantitative estimate of drug-likeness (QED) is 0.849. The number of nitrogens with zero attached hydrogens (tertiary/aromatic N) is 2. The molecule has 6 heteroatoms. The molecule has 1 saturated heterocycles. The largest absolute Gasteiger partial charge is 0.380 e. The van der Waals surface area contributed by atoms with Crippen molar-refractivity contribution in [2.24, 2.45) is 0 Å². The highest BCUT2D eigenvalue weighted by molar-refractivity contribution is 5.04. The Kier molecular flexibility index (Phi) is 4.54. The summed E-state index contributed by atoms with van der Waals surface area (Å²) in [6.45, 7) is 4.95. The topological polar surface area (TPSA) is 69.4 Å². The summed E-state index contributed by atoms with van der Waals surface area (Å²) in [4.78, 5) is 4.53. The van der Waals surface area contributed by atoms with E-state index in [1.54, 1.807) is 14.2 Å². The smallest absolute Gasteiger partial charge is 0.243 e. The number of hydrogen-bond donors (Lipinski definition) is 1. The Morgan fingerprint density at radius 2 is 2.11 bits per heavy atom. The minimum Gasteiger partial charge on any atom is -0.380 e. The van der Waals surface area contributed by atoms with Gasteiger partial charge in [0.25, 0.3) is 0 Å². The van der Waals surface area contributed by atoms with Gasteiger partial charge in [-0.05, 0) is 19.3 Å². The van der Waals surface area contributed by atoms with E-state index < -0.39 is 5.60 Å². The lowest BCUT2D eigenvalue weighted by Crippen LogP contribution is -2.28. The molecule has 0 aliphatic carbocycles. The third-order valence-corrected chi connectivity index (χ3v) is 4.10. The molecule has 0 radical (unpaired) electrons. The molecule has 2 rings (SSSR count). The van der Waals surface area contributed by atoms with Crippen molar-refractivity contribution in [1.29, 1.82) is 0 Å². The van der Waals surface area contributed by atoms with Gasteiger partial charge in [0.15, 0.2) is 0 Å². The Balaban J connectivity index is 2.15. The Morgan fingerprint density at radius 3 is 2.63 bits per heavy atom. The molecule has 1 fully saturated rings. The van der Waals surface area contributed by atoms with Crippen molar-refractivity contribution >= 4 is 0 Å². The lowest BCUT2D eigenvalue weighted by molar-refractivity contribution is -0.0306. The Hall–Kier alpha value is -0.980. The van der Waals surface area contributed by atoms with Crippen LogP contribution in [-0.2, 0) is 15.1 Å². The first-order valence-electron chi connectivity index (χ1n) is 6.84. The third kappa shape index (κ3) is 2.66. The van der Waals surface area contributed by atoms with Crippen LogP contribution >= 0.6 is 0 Å². The van der Waals surface area contributed by atoms with E-state index in [9.17, 15) is 0 Å². The normalized spacial score (nSPS) is 24.0. The van der Waals surface area contributed by atoms with Crippen LogP contribution < -0.4 is 5.32 Å². The summed E-state index contributed by atoms with van der Waals surface area (Å²) in [6, 6.07) is 0.0782. The molecular formula is C13H23N3O3. The second-order valence-corrected chi connectivity index (χ2v) is 4.92. The maximum atomic E-state index is 5.61. The van der Waals surface area contributed by atoms with E-state index in [-0.39, 0.29) is 12.1 Å². The molecule has 108 valence electrons. The van der Waals surface area contributed by atoms with Gasteiger partial charge in [0, 0.05) is 20.8 Å². The molecule has 1 aliphatic rings. The number of hydrogen-bond acceptors (Lipinski definition) is 6. The highest BCUT2D eigenvalue weighted by Gasteiger charge is 2.36. The van der Waals surface area contributed by atoms with E-state index in [1.165, 1.54) is 0 Å². The summed E-state index contributed by atoms with van der Waals surface area (Å²) >= 11 is 0. The van der Waals surface area contributed by atoms with Crippen LogP contribution in [0.4, 0.5) is 0 Å². The van der Waals surface area contributed by atoms with Crippen molar-refractivity contribution in [1.82, 2.24) is 15.5 Å². The minimum atomic E-state index is -0.443. The maximum Gasteiger partial charge on any atom is 0.243 e. The van der Waals surface area contributed by atoms with E-state index in [0.717, 1.165) is 25.8 Å². The number of nitrogens with one attached hydrogen (secondary N) is 1. The standard InChI is InChI=1S/C13H23N3O3/c1-5-13(6-2,18-4)12-15-11(19-16-12)10-7-9(17-3)8-14-10/h9-10,14H,5-8H2,1-4H3. The molecule has 19 heavy (non-hydrogen) atoms. The van der Waals surface area contributed by atoms with Gasteiger partial charge in [-0.15, -0.1) is 0 Å². The SMILES string of the molecule is CCC(CC)(OC)c1noc(C2CC(OC)CN2)n1. The van der Waals surface area contributed by atoms with Crippen molar-refractivity contribution < 1.29 is 14.0 Å². The molecular weight excluding hydrogens is 246 g/mol. The van der Waals surface area contributed by atoms with Gasteiger partial charge in [-0.2, -0.15) is 4.98 Å². The highest BCUT2D eigenvalue weighted by Crippen LogP contribution is 2.32. The fourth-order valence-electron chi connectivity index (χ4n) is 2.58. The van der Waals surface area contributed by atoms with Gasteiger partial charge >= 0.3 is 0 Å². The molecule has 1 aromatic heterocycles. The first-order valence-corrected chi connectivity index (χ1v) is 6.84. The van der Waals surface area contributed by atoms with Gasteiger partial charge < -0.3 is 19.3 Å². The molecule has 0 spiro atoms. The predicted octanol–water partition coefficient (Wildman–Crippen LogP) is 1.78. The summed E-state index contributed by atoms with van der Waals surface area (Å²) in [5, 5.41) is 7.44. The second-order valence-electron chi connectivity index (χ2n) is 4.92. The molecule has 1 N–H and O–H groups in total. The molecule has 0 saturated carbocycles. The molecule has 0 bridgehead atoms. The van der Waals surface area contributed by atoms with Crippen molar-refractivity contribution in [3.05, 3.63) is 11.7 Å². The average Bonchev–Trinajstić information content (AvgIpc) is 3.10. The molecule has 2 unspecified atom stereocenters. The average molecular weight is 269 g/mol. The molecule has 2 heterocycles. The van der Waals surface area contributed by atoms with Crippen LogP contribution in [-0.4, -0.2) is 37.0 Å². The lowest BCUT2D eigenvalue weighted by Gasteiger charge is -2.25. The highest BCUT2D eigenvalue weighted by atomic mass is 16.5. The van der Waals surface area contributed by atoms with E-state index in [0.29, 0.717) is 11.7 Å². The summed E-state index contributed by atoms with van der Waals surface area (Å²) in [6.07, 6.45) is 2.70. The molecule has 6 nitrogen and oxygen atoms in total. The third-order valence-electron chi connectivity index (χ3n) is 4.10. The van der Waals surface area contributed by atoms with Gasteiger partial charge in [-0.25, -0.2) is 0 Å². The van der Waals surface area contributed by atoms with Gasteiger partial charge in [-0.1, -0.05) is 19.0 Å². The number of aromatic nitrogens is 2. The van der Waals surface area contributed by atoms with Crippen LogP contribution in [0.15, 0.2) is 4.52 Å². The summed E-state index contributed by atoms with van der Waals surface area (Å²) < 4.78 is 16.3. The zero-order valence-corrected chi connectivity index (χ0v) is 12.1. The van der Waals surface area contributed by atoms with Crippen molar-refractivity contribution in [2.45, 2.75) is 50.9 Å². The fourth-order valence-corrected chi connectivity index (χ4v) is 2.58. The molecule has 1 aromatic rings. The summed E-state index contributed by atoms with van der Waals surface area (Å²) in [7, 11) is 3.41. The molecule has 1 aliphatic heterocycles. The van der Waals surface area contributed by atoms with Crippen LogP contribution in [0.1, 0.15) is 50.9 Å². The fraction of sp³-hybridized carbons (Fsp3) is 0.846. The molecule has 0 aromatic carbocycles. The Bertz CT molecular complexity index is 395. The first kappa shape index (κ1) is 14.4. The van der Waals surface area contributed by atoms with E-state index in [1.807, 2.05) is 0 Å². The summed E-state index contributed by atoms with van der Waals surface area (Å²) in [5.74, 6) is 1.26. The first-order chi connectivity index (χ1) is 9.19. The number of methoxy groups -OCH3 is 2. The van der Waals surface area contributed by atoms with Crippen molar-refractivity contribution in [3.8, 4) is 0 Å². The van der Waals surface area contributed by atoms with E-state index >= 15 is 0 Å². The minimum absolute atomic E-state index is 0.0782. The number of rotatable bonds is 6. The van der Waals surface area contributed by atoms with Crippen LogP contribution in [0.5, 0.6) is 0 Å². The molecule has 2 atom stereocenters. The van der Waals surface area contributed by atoms with Crippen LogP contribution in [0, 0.1) is 0 Å².